The first-order chi connectivity index (χ1) is 7.58. The van der Waals surface area contributed by atoms with Gasteiger partial charge in [0.25, 0.3) is 0 Å². The quantitative estimate of drug-likeness (QED) is 0.335. The maximum atomic E-state index is 4.15. The summed E-state index contributed by atoms with van der Waals surface area (Å²) in [7, 11) is 0. The smallest absolute Gasteiger partial charge is 0.107 e. The molecule has 16 heavy (non-hydrogen) atoms. The van der Waals surface area contributed by atoms with Crippen LogP contribution in [-0.2, 0) is 0 Å². The summed E-state index contributed by atoms with van der Waals surface area (Å²) in [6.07, 6.45) is 0. The van der Waals surface area contributed by atoms with Gasteiger partial charge >= 0.3 is 0 Å². The van der Waals surface area contributed by atoms with E-state index in [0.717, 1.165) is 16.6 Å². The zero-order chi connectivity index (χ0) is 12.0. The summed E-state index contributed by atoms with van der Waals surface area (Å²) in [6.45, 7) is 0. The second kappa shape index (κ2) is 7.93. The van der Waals surface area contributed by atoms with E-state index in [4.69, 9.17) is 0 Å². The second-order valence-electron chi connectivity index (χ2n) is 2.57. The van der Waals surface area contributed by atoms with Crippen molar-refractivity contribution in [3.8, 4) is 0 Å². The molecule has 0 radical (unpaired) electrons. The number of aromatic nitrogens is 2. The van der Waals surface area contributed by atoms with E-state index in [9.17, 15) is 0 Å². The van der Waals surface area contributed by atoms with Crippen molar-refractivity contribution in [2.75, 3.05) is 0 Å². The fourth-order valence-corrected chi connectivity index (χ4v) is 3.09. The fraction of sp³-hybridized carbons (Fsp3) is 0. The first-order valence-corrected chi connectivity index (χ1v) is 7.88. The number of halogens is 4. The van der Waals surface area contributed by atoms with Gasteiger partial charge in [-0.25, -0.2) is 9.97 Å². The summed E-state index contributed by atoms with van der Waals surface area (Å²) >= 11 is 10.8. The minimum Gasteiger partial charge on any atom is -0.236 e. The van der Waals surface area contributed by atoms with E-state index in [2.05, 4.69) is 87.0 Å². The monoisotopic (exact) mass is 566 g/mol. The Morgan fingerprint density at radius 1 is 0.750 bits per heavy atom. The third kappa shape index (κ3) is 6.45. The molecule has 0 aromatic carbocycles. The Morgan fingerprint density at radius 2 is 1.19 bits per heavy atom. The van der Waals surface area contributed by atoms with Crippen LogP contribution >= 0.6 is 77.0 Å². The molecule has 0 aliphatic carbocycles. The molecule has 0 spiro atoms. The van der Waals surface area contributed by atoms with E-state index < -0.39 is 0 Å². The Bertz CT molecular complexity index is 388. The maximum absolute atomic E-state index is 4.15. The topological polar surface area (TPSA) is 25.8 Å². The first-order valence-electron chi connectivity index (χ1n) is 4.14. The average molecular weight is 568 g/mol. The van der Waals surface area contributed by atoms with Crippen molar-refractivity contribution in [1.82, 2.24) is 9.97 Å². The van der Waals surface area contributed by atoms with E-state index in [1.807, 2.05) is 36.4 Å². The largest absolute Gasteiger partial charge is 0.236 e. The summed E-state index contributed by atoms with van der Waals surface area (Å²) in [4.78, 5) is 8.15. The van der Waals surface area contributed by atoms with Gasteiger partial charge in [-0.1, -0.05) is 12.1 Å². The van der Waals surface area contributed by atoms with Gasteiger partial charge in [-0.3, -0.25) is 0 Å². The highest BCUT2D eigenvalue weighted by Crippen LogP contribution is 2.10. The molecule has 0 bridgehead atoms. The van der Waals surface area contributed by atoms with E-state index in [0.29, 0.717) is 0 Å². The highest BCUT2D eigenvalue weighted by atomic mass is 127. The molecule has 0 saturated carbocycles. The van der Waals surface area contributed by atoms with Gasteiger partial charge in [0.05, 0.1) is 0 Å². The van der Waals surface area contributed by atoms with E-state index in [1.165, 1.54) is 0 Å². The van der Waals surface area contributed by atoms with Gasteiger partial charge in [-0.15, -0.1) is 0 Å². The molecule has 84 valence electrons. The number of hydrogen-bond donors (Lipinski definition) is 0. The molecular weight excluding hydrogens is 562 g/mol. The van der Waals surface area contributed by atoms with E-state index >= 15 is 0 Å². The van der Waals surface area contributed by atoms with Crippen molar-refractivity contribution in [2.24, 2.45) is 0 Å². The number of nitrogens with zero attached hydrogens (tertiary/aromatic N) is 2. The molecular formula is C10H6Br2I2N2. The molecule has 0 atom stereocenters. The molecule has 0 unspecified atom stereocenters. The highest BCUT2D eigenvalue weighted by molar-refractivity contribution is 14.1. The lowest BCUT2D eigenvalue weighted by atomic mass is 10.5. The molecule has 0 aliphatic heterocycles. The molecule has 0 saturated heterocycles. The Morgan fingerprint density at radius 3 is 1.44 bits per heavy atom. The SMILES string of the molecule is Brc1cccc(Br)n1.Ic1cccc(I)n1. The van der Waals surface area contributed by atoms with Gasteiger partial charge in [-0.05, 0) is 101 Å². The third-order valence-electron chi connectivity index (χ3n) is 1.36. The second-order valence-corrected chi connectivity index (χ2v) is 6.40. The summed E-state index contributed by atoms with van der Waals surface area (Å²) in [5, 5.41) is 0. The number of hydrogen-bond acceptors (Lipinski definition) is 2. The van der Waals surface area contributed by atoms with Crippen molar-refractivity contribution < 1.29 is 0 Å². The minimum absolute atomic E-state index is 0.854. The predicted octanol–water partition coefficient (Wildman–Crippen LogP) is 4.90. The molecule has 2 nitrogen and oxygen atoms in total. The van der Waals surface area contributed by atoms with Crippen molar-refractivity contribution in [3.05, 3.63) is 53.0 Å². The van der Waals surface area contributed by atoms with Gasteiger partial charge in [0.1, 0.15) is 16.6 Å². The van der Waals surface area contributed by atoms with Crippen LogP contribution in [-0.4, -0.2) is 9.97 Å². The summed E-state index contributed by atoms with van der Waals surface area (Å²) < 4.78 is 3.81. The molecule has 0 amide bonds. The molecule has 2 aromatic rings. The van der Waals surface area contributed by atoms with Crippen LogP contribution in [0, 0.1) is 7.40 Å². The Labute approximate surface area is 138 Å². The van der Waals surface area contributed by atoms with Gasteiger partial charge in [-0.2, -0.15) is 0 Å². The van der Waals surface area contributed by atoms with Gasteiger partial charge in [0, 0.05) is 0 Å². The number of pyridine rings is 2. The molecule has 0 fully saturated rings. The van der Waals surface area contributed by atoms with Crippen molar-refractivity contribution in [3.63, 3.8) is 0 Å². The van der Waals surface area contributed by atoms with Gasteiger partial charge in [0.15, 0.2) is 0 Å². The van der Waals surface area contributed by atoms with Crippen LogP contribution in [0.25, 0.3) is 0 Å². The van der Waals surface area contributed by atoms with Crippen LogP contribution in [0.1, 0.15) is 0 Å². The van der Waals surface area contributed by atoms with Crippen LogP contribution in [0.3, 0.4) is 0 Å². The van der Waals surface area contributed by atoms with E-state index in [1.54, 1.807) is 0 Å². The zero-order valence-corrected chi connectivity index (χ0v) is 15.4. The maximum Gasteiger partial charge on any atom is 0.107 e. The average Bonchev–Trinajstić information content (AvgIpc) is 2.17. The molecule has 0 N–H and O–H groups in total. The first kappa shape index (κ1) is 14.8. The van der Waals surface area contributed by atoms with Crippen LogP contribution in [0.15, 0.2) is 45.6 Å². The lowest BCUT2D eigenvalue weighted by molar-refractivity contribution is 1.22. The van der Waals surface area contributed by atoms with Crippen LogP contribution in [0.4, 0.5) is 0 Å². The Hall–Kier alpha value is 0.720. The van der Waals surface area contributed by atoms with Crippen molar-refractivity contribution >= 4 is 77.0 Å². The molecule has 2 rings (SSSR count). The molecule has 0 aliphatic rings. The fourth-order valence-electron chi connectivity index (χ4n) is 0.767. The summed E-state index contributed by atoms with van der Waals surface area (Å²) in [5.41, 5.74) is 0. The van der Waals surface area contributed by atoms with Gasteiger partial charge in [0.2, 0.25) is 0 Å². The van der Waals surface area contributed by atoms with Crippen molar-refractivity contribution in [2.45, 2.75) is 0 Å². The molecule has 2 aromatic heterocycles. The highest BCUT2D eigenvalue weighted by Gasteiger charge is 1.86. The van der Waals surface area contributed by atoms with Gasteiger partial charge < -0.3 is 0 Å². The minimum atomic E-state index is 0.854. The Kier molecular flexibility index (Phi) is 7.33. The third-order valence-corrected chi connectivity index (χ3v) is 3.45. The normalized spacial score (nSPS) is 9.25. The molecule has 6 heteroatoms. The standard InChI is InChI=1S/C5H3Br2N.C5H3I2N/c2*6-4-2-1-3-5(7)8-4/h2*1-3H. The van der Waals surface area contributed by atoms with Crippen LogP contribution in [0.5, 0.6) is 0 Å². The lowest BCUT2D eigenvalue weighted by Gasteiger charge is -1.86. The summed E-state index contributed by atoms with van der Waals surface area (Å²) in [5.74, 6) is 0. The van der Waals surface area contributed by atoms with Crippen LogP contribution in [0.2, 0.25) is 0 Å². The Balaban J connectivity index is 0.000000160. The van der Waals surface area contributed by atoms with E-state index in [-0.39, 0.29) is 0 Å². The van der Waals surface area contributed by atoms with Crippen molar-refractivity contribution in [1.29, 1.82) is 0 Å². The predicted molar refractivity (Wildman–Crippen MR) is 89.3 cm³/mol. The molecule has 2 heterocycles. The summed E-state index contributed by atoms with van der Waals surface area (Å²) in [6, 6.07) is 11.6. The zero-order valence-electron chi connectivity index (χ0n) is 7.87. The van der Waals surface area contributed by atoms with Crippen LogP contribution < -0.4 is 0 Å². The lowest BCUT2D eigenvalue weighted by Crippen LogP contribution is -1.80. The number of rotatable bonds is 0.